The molecule has 1 fully saturated rings. The van der Waals surface area contributed by atoms with Crippen LogP contribution in [-0.2, 0) is 4.79 Å². The highest BCUT2D eigenvalue weighted by molar-refractivity contribution is 5.93. The topological polar surface area (TPSA) is 56.7 Å². The van der Waals surface area contributed by atoms with Crippen molar-refractivity contribution in [2.75, 3.05) is 31.6 Å². The van der Waals surface area contributed by atoms with Crippen LogP contribution in [0.5, 0.6) is 0 Å². The molecule has 1 N–H and O–H groups in total. The molecule has 0 spiro atoms. The number of pyridine rings is 1. The van der Waals surface area contributed by atoms with Gasteiger partial charge in [0.25, 0.3) is 0 Å². The highest BCUT2D eigenvalue weighted by Gasteiger charge is 2.25. The van der Waals surface area contributed by atoms with Crippen LogP contribution >= 0.6 is 0 Å². The molecule has 128 valence electrons. The number of hydrogen-bond acceptors (Lipinski definition) is 4. The van der Waals surface area contributed by atoms with Gasteiger partial charge in [-0.25, -0.2) is 0 Å². The normalized spacial score (nSPS) is 16.1. The van der Waals surface area contributed by atoms with Crippen molar-refractivity contribution in [3.8, 4) is 0 Å². The molecule has 1 aromatic carbocycles. The molecule has 0 aliphatic carbocycles. The van der Waals surface area contributed by atoms with E-state index in [4.69, 9.17) is 10.1 Å². The van der Waals surface area contributed by atoms with Gasteiger partial charge in [0.2, 0.25) is 0 Å². The van der Waals surface area contributed by atoms with Crippen molar-refractivity contribution in [2.24, 2.45) is 0 Å². The molecule has 0 amide bonds. The van der Waals surface area contributed by atoms with E-state index in [1.807, 2.05) is 18.0 Å². The number of para-hydroxylation sites is 1. The Labute approximate surface area is 142 Å². The van der Waals surface area contributed by atoms with Crippen molar-refractivity contribution in [3.05, 3.63) is 35.5 Å². The third-order valence-electron chi connectivity index (χ3n) is 5.13. The van der Waals surface area contributed by atoms with Crippen LogP contribution < -0.4 is 4.90 Å². The molecule has 5 heteroatoms. The van der Waals surface area contributed by atoms with Gasteiger partial charge in [0.15, 0.2) is 0 Å². The summed E-state index contributed by atoms with van der Waals surface area (Å²) < 4.78 is 0. The van der Waals surface area contributed by atoms with Gasteiger partial charge in [0, 0.05) is 30.2 Å². The molecule has 3 rings (SSSR count). The molecular formula is C19H25N3O2. The number of carboxylic acids is 1. The van der Waals surface area contributed by atoms with E-state index in [0.29, 0.717) is 6.04 Å². The van der Waals surface area contributed by atoms with E-state index in [0.717, 1.165) is 37.1 Å². The summed E-state index contributed by atoms with van der Waals surface area (Å²) in [5.41, 5.74) is 4.65. The smallest absolute Gasteiger partial charge is 0.317 e. The highest BCUT2D eigenvalue weighted by Crippen LogP contribution is 2.33. The van der Waals surface area contributed by atoms with Gasteiger partial charge in [-0.15, -0.1) is 0 Å². The maximum Gasteiger partial charge on any atom is 0.317 e. The zero-order valence-corrected chi connectivity index (χ0v) is 14.6. The number of likely N-dealkylation sites (N-methyl/N-ethyl adjacent to an activating group) is 1. The molecule has 2 heterocycles. The molecule has 1 saturated heterocycles. The van der Waals surface area contributed by atoms with Crippen LogP contribution in [0.25, 0.3) is 10.9 Å². The van der Waals surface area contributed by atoms with Gasteiger partial charge >= 0.3 is 5.97 Å². The molecule has 1 aliphatic rings. The first kappa shape index (κ1) is 16.7. The number of carbonyl (C=O) groups is 1. The fourth-order valence-corrected chi connectivity index (χ4v) is 3.69. The van der Waals surface area contributed by atoms with Crippen LogP contribution in [0.1, 0.15) is 24.1 Å². The summed E-state index contributed by atoms with van der Waals surface area (Å²) in [5, 5.41) is 10.2. The van der Waals surface area contributed by atoms with E-state index >= 15 is 0 Å². The number of rotatable bonds is 4. The number of nitrogens with zero attached hydrogens (tertiary/aromatic N) is 3. The Bertz CT molecular complexity index is 752. The van der Waals surface area contributed by atoms with E-state index < -0.39 is 5.97 Å². The Morgan fingerprint density at radius 2 is 1.96 bits per heavy atom. The minimum Gasteiger partial charge on any atom is -0.480 e. The molecule has 0 atom stereocenters. The molecule has 1 aliphatic heterocycles. The lowest BCUT2D eigenvalue weighted by Gasteiger charge is -2.38. The Hall–Kier alpha value is -2.14. The van der Waals surface area contributed by atoms with Gasteiger partial charge in [0.1, 0.15) is 0 Å². The van der Waals surface area contributed by atoms with Gasteiger partial charge in [0.05, 0.1) is 17.7 Å². The van der Waals surface area contributed by atoms with E-state index in [9.17, 15) is 4.79 Å². The molecule has 0 radical (unpaired) electrons. The van der Waals surface area contributed by atoms with Gasteiger partial charge < -0.3 is 10.0 Å². The van der Waals surface area contributed by atoms with E-state index in [1.54, 1.807) is 0 Å². The molecule has 5 nitrogen and oxygen atoms in total. The fourth-order valence-electron chi connectivity index (χ4n) is 3.69. The lowest BCUT2D eigenvalue weighted by atomic mass is 9.99. The number of piperidine rings is 1. The molecule has 0 bridgehead atoms. The number of aliphatic carboxylic acids is 1. The monoisotopic (exact) mass is 327 g/mol. The molecule has 0 saturated carbocycles. The van der Waals surface area contributed by atoms with Gasteiger partial charge in [-0.3, -0.25) is 14.7 Å². The second-order valence-corrected chi connectivity index (χ2v) is 6.72. The third kappa shape index (κ3) is 3.22. The summed E-state index contributed by atoms with van der Waals surface area (Å²) in [6, 6.07) is 8.65. The second kappa shape index (κ2) is 6.77. The molecule has 2 aromatic rings. The summed E-state index contributed by atoms with van der Waals surface area (Å²) in [6.45, 7) is 6.22. The van der Waals surface area contributed by atoms with Gasteiger partial charge in [-0.05, 0) is 45.4 Å². The first-order chi connectivity index (χ1) is 11.5. The first-order valence-electron chi connectivity index (χ1n) is 8.50. The number of aromatic nitrogens is 1. The summed E-state index contributed by atoms with van der Waals surface area (Å²) in [6.07, 6.45) is 1.97. The largest absolute Gasteiger partial charge is 0.480 e. The van der Waals surface area contributed by atoms with Gasteiger partial charge in [-0.1, -0.05) is 18.2 Å². The van der Waals surface area contributed by atoms with Crippen molar-refractivity contribution < 1.29 is 9.90 Å². The predicted octanol–water partition coefficient (Wildman–Crippen LogP) is 2.84. The maximum atomic E-state index is 10.9. The van der Waals surface area contributed by atoms with Crippen molar-refractivity contribution in [1.82, 2.24) is 9.88 Å². The van der Waals surface area contributed by atoms with Crippen LogP contribution in [0.4, 0.5) is 5.69 Å². The first-order valence-corrected chi connectivity index (χ1v) is 8.50. The number of fused-ring (bicyclic) bond motifs is 1. The second-order valence-electron chi connectivity index (χ2n) is 6.72. The quantitative estimate of drug-likeness (QED) is 0.936. The maximum absolute atomic E-state index is 10.9. The number of aryl methyl sites for hydroxylation is 1. The van der Waals surface area contributed by atoms with E-state index in [2.05, 4.69) is 36.9 Å². The number of carboxylic acid groups (broad SMARTS) is 1. The number of anilines is 1. The molecule has 24 heavy (non-hydrogen) atoms. The summed E-state index contributed by atoms with van der Waals surface area (Å²) in [4.78, 5) is 20.0. The highest BCUT2D eigenvalue weighted by atomic mass is 16.4. The number of benzene rings is 1. The van der Waals surface area contributed by atoms with Crippen LogP contribution in [0.2, 0.25) is 0 Å². The third-order valence-corrected chi connectivity index (χ3v) is 5.13. The average molecular weight is 327 g/mol. The molecular weight excluding hydrogens is 302 g/mol. The average Bonchev–Trinajstić information content (AvgIpc) is 2.56. The minimum atomic E-state index is -0.758. The van der Waals surface area contributed by atoms with Crippen LogP contribution in [0.3, 0.4) is 0 Å². The van der Waals surface area contributed by atoms with Crippen molar-refractivity contribution in [2.45, 2.75) is 32.7 Å². The van der Waals surface area contributed by atoms with E-state index in [-0.39, 0.29) is 6.54 Å². The fraction of sp³-hybridized carbons (Fsp3) is 0.474. The van der Waals surface area contributed by atoms with Crippen LogP contribution in [-0.4, -0.2) is 53.7 Å². The summed E-state index contributed by atoms with van der Waals surface area (Å²) >= 11 is 0. The van der Waals surface area contributed by atoms with Crippen molar-refractivity contribution in [1.29, 1.82) is 0 Å². The minimum absolute atomic E-state index is 0.112. The van der Waals surface area contributed by atoms with E-state index in [1.165, 1.54) is 16.6 Å². The standard InChI is InChI=1S/C19H25N3O2/c1-13-14(2)20-17-7-5-4-6-16(17)19(13)22-10-8-15(9-11-22)21(3)12-18(23)24/h4-7,15H,8-12H2,1-3H3,(H,23,24). The van der Waals surface area contributed by atoms with Crippen molar-refractivity contribution >= 4 is 22.6 Å². The van der Waals surface area contributed by atoms with Crippen LogP contribution in [0.15, 0.2) is 24.3 Å². The lowest BCUT2D eigenvalue weighted by Crippen LogP contribution is -2.45. The van der Waals surface area contributed by atoms with Gasteiger partial charge in [-0.2, -0.15) is 0 Å². The number of hydrogen-bond donors (Lipinski definition) is 1. The Morgan fingerprint density at radius 3 is 2.62 bits per heavy atom. The zero-order chi connectivity index (χ0) is 17.3. The van der Waals surface area contributed by atoms with Crippen LogP contribution in [0, 0.1) is 13.8 Å². The zero-order valence-electron chi connectivity index (χ0n) is 14.6. The van der Waals surface area contributed by atoms with Crippen molar-refractivity contribution in [3.63, 3.8) is 0 Å². The summed E-state index contributed by atoms with van der Waals surface area (Å²) in [5.74, 6) is -0.758. The SMILES string of the molecule is Cc1nc2ccccc2c(N2CCC(N(C)CC(=O)O)CC2)c1C. The Balaban J connectivity index is 1.83. The summed E-state index contributed by atoms with van der Waals surface area (Å²) in [7, 11) is 1.91. The Morgan fingerprint density at radius 1 is 1.29 bits per heavy atom. The predicted molar refractivity (Wildman–Crippen MR) is 96.7 cm³/mol. The lowest BCUT2D eigenvalue weighted by molar-refractivity contribution is -0.138. The molecule has 0 unspecified atom stereocenters. The molecule has 1 aromatic heterocycles. The Kier molecular flexibility index (Phi) is 4.71.